The summed E-state index contributed by atoms with van der Waals surface area (Å²) < 4.78 is 5.28. The van der Waals surface area contributed by atoms with Gasteiger partial charge in [0, 0.05) is 29.6 Å². The minimum atomic E-state index is -0.497. The van der Waals surface area contributed by atoms with E-state index in [1.54, 1.807) is 32.5 Å². The maximum Gasteiger partial charge on any atom is 0.223 e. The molecule has 0 aliphatic rings. The largest absolute Gasteiger partial charge is 0.493 e. The molecule has 0 saturated carbocycles. The van der Waals surface area contributed by atoms with E-state index >= 15 is 0 Å². The van der Waals surface area contributed by atoms with Gasteiger partial charge < -0.3 is 20.9 Å². The molecule has 1 atom stereocenters. The van der Waals surface area contributed by atoms with Crippen LogP contribution in [0.25, 0.3) is 22.5 Å². The highest BCUT2D eigenvalue weighted by Crippen LogP contribution is 2.34. The van der Waals surface area contributed by atoms with Gasteiger partial charge in [0.05, 0.1) is 30.8 Å². The Kier molecular flexibility index (Phi) is 4.99. The first-order valence-electron chi connectivity index (χ1n) is 8.09. The number of aryl methyl sites for hydroxylation is 1. The van der Waals surface area contributed by atoms with E-state index in [-0.39, 0.29) is 0 Å². The highest BCUT2D eigenvalue weighted by atomic mass is 16.5. The molecule has 0 saturated heterocycles. The first-order valence-corrected chi connectivity index (χ1v) is 8.09. The molecule has 0 fully saturated rings. The summed E-state index contributed by atoms with van der Waals surface area (Å²) in [5.74, 6) is 1.26. The molecule has 0 unspecified atom stereocenters. The lowest BCUT2D eigenvalue weighted by Gasteiger charge is -2.11. The lowest BCUT2D eigenvalue weighted by molar-refractivity contribution is 0.208. The van der Waals surface area contributed by atoms with Gasteiger partial charge in [0.2, 0.25) is 5.95 Å². The molecule has 0 aliphatic carbocycles. The molecular weight excluding hydrogens is 334 g/mol. The number of pyridine rings is 1. The molecule has 0 aromatic carbocycles. The smallest absolute Gasteiger partial charge is 0.223 e. The molecule has 136 valence electrons. The summed E-state index contributed by atoms with van der Waals surface area (Å²) in [5.41, 5.74) is 9.68. The number of nitrogens with zero attached hydrogens (tertiary/aromatic N) is 4. The van der Waals surface area contributed by atoms with Crippen molar-refractivity contribution in [1.29, 1.82) is 0 Å². The molecule has 9 heteroatoms. The van der Waals surface area contributed by atoms with Crippen molar-refractivity contribution >= 4 is 11.8 Å². The fourth-order valence-electron chi connectivity index (χ4n) is 2.54. The van der Waals surface area contributed by atoms with E-state index < -0.39 is 6.10 Å². The Labute approximate surface area is 150 Å². The summed E-state index contributed by atoms with van der Waals surface area (Å²) in [5, 5.41) is 19.5. The van der Waals surface area contributed by atoms with E-state index in [0.717, 1.165) is 22.5 Å². The van der Waals surface area contributed by atoms with Crippen molar-refractivity contribution in [2.75, 3.05) is 24.7 Å². The second-order valence-electron chi connectivity index (χ2n) is 5.86. The summed E-state index contributed by atoms with van der Waals surface area (Å²) in [4.78, 5) is 13.0. The first-order chi connectivity index (χ1) is 12.5. The van der Waals surface area contributed by atoms with E-state index in [9.17, 15) is 5.11 Å². The van der Waals surface area contributed by atoms with Crippen molar-refractivity contribution in [3.05, 3.63) is 30.2 Å². The van der Waals surface area contributed by atoms with Crippen LogP contribution in [0.5, 0.6) is 5.75 Å². The van der Waals surface area contributed by atoms with Crippen LogP contribution >= 0.6 is 0 Å². The predicted octanol–water partition coefficient (Wildman–Crippen LogP) is 1.62. The Morgan fingerprint density at radius 2 is 2.15 bits per heavy atom. The molecule has 9 nitrogen and oxygen atoms in total. The van der Waals surface area contributed by atoms with Crippen molar-refractivity contribution in [3.8, 4) is 28.3 Å². The number of hydrogen-bond acceptors (Lipinski definition) is 8. The molecule has 3 rings (SSSR count). The number of methoxy groups -OCH3 is 1. The maximum absolute atomic E-state index is 9.40. The predicted molar refractivity (Wildman–Crippen MR) is 98.7 cm³/mol. The fourth-order valence-corrected chi connectivity index (χ4v) is 2.54. The van der Waals surface area contributed by atoms with Gasteiger partial charge in [-0.3, -0.25) is 5.10 Å². The number of aliphatic hydroxyl groups is 1. The van der Waals surface area contributed by atoms with Crippen molar-refractivity contribution < 1.29 is 9.84 Å². The van der Waals surface area contributed by atoms with Crippen LogP contribution in [0.4, 0.5) is 11.8 Å². The zero-order valence-electron chi connectivity index (χ0n) is 14.8. The van der Waals surface area contributed by atoms with Gasteiger partial charge in [-0.25, -0.2) is 15.0 Å². The monoisotopic (exact) mass is 355 g/mol. The number of aromatic nitrogens is 5. The van der Waals surface area contributed by atoms with E-state index in [0.29, 0.717) is 29.8 Å². The van der Waals surface area contributed by atoms with Crippen LogP contribution in [0.1, 0.15) is 12.6 Å². The number of rotatable bonds is 6. The maximum atomic E-state index is 9.40. The van der Waals surface area contributed by atoms with Gasteiger partial charge in [-0.2, -0.15) is 5.10 Å². The number of aromatic amines is 1. The number of ether oxygens (including phenoxy) is 1. The number of nitrogens with one attached hydrogen (secondary N) is 2. The summed E-state index contributed by atoms with van der Waals surface area (Å²) >= 11 is 0. The molecule has 0 bridgehead atoms. The number of anilines is 2. The molecule has 3 aromatic rings. The fraction of sp³-hybridized carbons (Fsp3) is 0.294. The molecule has 0 amide bonds. The highest BCUT2D eigenvalue weighted by Gasteiger charge is 2.17. The molecule has 0 aliphatic heterocycles. The van der Waals surface area contributed by atoms with Gasteiger partial charge in [0.15, 0.2) is 11.6 Å². The molecule has 3 heterocycles. The van der Waals surface area contributed by atoms with E-state index in [2.05, 4.69) is 30.5 Å². The lowest BCUT2D eigenvalue weighted by atomic mass is 10.0. The summed E-state index contributed by atoms with van der Waals surface area (Å²) in [6, 6.07) is 3.61. The third-order valence-corrected chi connectivity index (χ3v) is 3.82. The molecule has 0 spiro atoms. The standard InChI is InChI=1S/C17H21N7O2/c1-9(25)7-20-17-19-5-4-13(23-17)12-8-21-24-15(12)11-6-14(26-3)16(18)22-10(11)2/h4-6,8-9,25H,7H2,1-3H3,(H2,18,22)(H,21,24)(H,19,20,23)/t9-/m0/s1. The quantitative estimate of drug-likeness (QED) is 0.524. The minimum Gasteiger partial charge on any atom is -0.493 e. The third-order valence-electron chi connectivity index (χ3n) is 3.82. The molecule has 26 heavy (non-hydrogen) atoms. The van der Waals surface area contributed by atoms with Crippen LogP contribution < -0.4 is 15.8 Å². The second kappa shape index (κ2) is 7.36. The van der Waals surface area contributed by atoms with E-state index in [1.807, 2.05) is 13.0 Å². The molecule has 0 radical (unpaired) electrons. The summed E-state index contributed by atoms with van der Waals surface area (Å²) in [6.45, 7) is 3.92. The van der Waals surface area contributed by atoms with Crippen LogP contribution in [-0.2, 0) is 0 Å². The van der Waals surface area contributed by atoms with Crippen molar-refractivity contribution in [2.45, 2.75) is 20.0 Å². The Balaban J connectivity index is 2.01. The molecule has 3 aromatic heterocycles. The van der Waals surface area contributed by atoms with Crippen LogP contribution in [0.15, 0.2) is 24.5 Å². The van der Waals surface area contributed by atoms with Gasteiger partial charge in [-0.15, -0.1) is 0 Å². The van der Waals surface area contributed by atoms with Crippen LogP contribution in [-0.4, -0.2) is 50.0 Å². The summed E-state index contributed by atoms with van der Waals surface area (Å²) in [6.07, 6.45) is 2.85. The molecule has 5 N–H and O–H groups in total. The first kappa shape index (κ1) is 17.6. The topological polar surface area (TPSA) is 135 Å². The van der Waals surface area contributed by atoms with Gasteiger partial charge in [-0.05, 0) is 26.0 Å². The number of H-pyrrole nitrogens is 1. The van der Waals surface area contributed by atoms with Crippen molar-refractivity contribution in [3.63, 3.8) is 0 Å². The zero-order valence-corrected chi connectivity index (χ0v) is 14.8. The summed E-state index contributed by atoms with van der Waals surface area (Å²) in [7, 11) is 1.55. The normalized spacial score (nSPS) is 12.0. The number of nitrogens with two attached hydrogens (primary N) is 1. The Bertz CT molecular complexity index is 908. The van der Waals surface area contributed by atoms with Gasteiger partial charge >= 0.3 is 0 Å². The van der Waals surface area contributed by atoms with Gasteiger partial charge in [0.1, 0.15) is 0 Å². The zero-order chi connectivity index (χ0) is 18.7. The highest BCUT2D eigenvalue weighted by molar-refractivity contribution is 5.81. The van der Waals surface area contributed by atoms with Crippen LogP contribution in [0.2, 0.25) is 0 Å². The second-order valence-corrected chi connectivity index (χ2v) is 5.86. The Morgan fingerprint density at radius 3 is 2.88 bits per heavy atom. The number of nitrogen functional groups attached to an aromatic ring is 1. The van der Waals surface area contributed by atoms with Gasteiger partial charge in [0.25, 0.3) is 0 Å². The van der Waals surface area contributed by atoms with E-state index in [1.165, 1.54) is 0 Å². The third kappa shape index (κ3) is 3.57. The van der Waals surface area contributed by atoms with Crippen molar-refractivity contribution in [2.24, 2.45) is 0 Å². The van der Waals surface area contributed by atoms with Gasteiger partial charge in [-0.1, -0.05) is 0 Å². The lowest BCUT2D eigenvalue weighted by Crippen LogP contribution is -2.16. The average Bonchev–Trinajstić information content (AvgIpc) is 3.10. The van der Waals surface area contributed by atoms with Crippen LogP contribution in [0, 0.1) is 6.92 Å². The Morgan fingerprint density at radius 1 is 1.35 bits per heavy atom. The molecular formula is C17H21N7O2. The minimum absolute atomic E-state index is 0.335. The average molecular weight is 355 g/mol. The Hall–Kier alpha value is -3.20. The number of hydrogen-bond donors (Lipinski definition) is 4. The van der Waals surface area contributed by atoms with E-state index in [4.69, 9.17) is 10.5 Å². The van der Waals surface area contributed by atoms with Crippen LogP contribution in [0.3, 0.4) is 0 Å². The number of aliphatic hydroxyl groups excluding tert-OH is 1. The van der Waals surface area contributed by atoms with Crippen molar-refractivity contribution in [1.82, 2.24) is 25.1 Å². The SMILES string of the molecule is COc1cc(-c2[nH]ncc2-c2ccnc(NC[C@H](C)O)n2)c(C)nc1N.